The van der Waals surface area contributed by atoms with Gasteiger partial charge in [0.15, 0.2) is 0 Å². The van der Waals surface area contributed by atoms with Crippen LogP contribution in [0.2, 0.25) is 0 Å². The Kier molecular flexibility index (Phi) is 5.90. The van der Waals surface area contributed by atoms with E-state index in [0.717, 1.165) is 68.5 Å². The minimum Gasteiger partial charge on any atom is -0.368 e. The van der Waals surface area contributed by atoms with Gasteiger partial charge in [0.2, 0.25) is 5.91 Å². The first kappa shape index (κ1) is 23.6. The lowest BCUT2D eigenvalue weighted by Gasteiger charge is -2.51. The Morgan fingerprint density at radius 1 is 1.03 bits per heavy atom. The Hall–Kier alpha value is -2.74. The third kappa shape index (κ3) is 4.23. The Morgan fingerprint density at radius 2 is 1.81 bits per heavy atom. The number of rotatable bonds is 3. The van der Waals surface area contributed by atoms with E-state index in [4.69, 9.17) is 9.97 Å². The molecule has 8 heteroatoms. The smallest absolute Gasteiger partial charge is 0.243 e. The highest BCUT2D eigenvalue weighted by Gasteiger charge is 2.51. The van der Waals surface area contributed by atoms with Gasteiger partial charge in [-0.1, -0.05) is 19.3 Å². The highest BCUT2D eigenvalue weighted by atomic mass is 16.2. The molecule has 0 bridgehead atoms. The van der Waals surface area contributed by atoms with E-state index < -0.39 is 0 Å². The maximum atomic E-state index is 12.8. The van der Waals surface area contributed by atoms with Gasteiger partial charge in [0.05, 0.1) is 23.8 Å². The van der Waals surface area contributed by atoms with Gasteiger partial charge >= 0.3 is 0 Å². The molecule has 1 unspecified atom stereocenters. The molecule has 2 saturated heterocycles. The van der Waals surface area contributed by atoms with Gasteiger partial charge in [-0.15, -0.1) is 0 Å². The van der Waals surface area contributed by atoms with Crippen molar-refractivity contribution in [2.75, 3.05) is 42.5 Å². The standard InChI is InChI=1S/C28H39N7O/c1-27(2,3)34-13-11-33(12-14-34)22-8-7-21(29-18-22)16-24-30-17-20-15-23-26(36)31-19-28(9-5-4-6-10-28)35(23)25(20)32-24/h7-8,17-18,23H,4-6,9-16,19H2,1-3H3,(H,31,36). The predicted octanol–water partition coefficient (Wildman–Crippen LogP) is 2.95. The van der Waals surface area contributed by atoms with Gasteiger partial charge in [0, 0.05) is 62.1 Å². The molecule has 1 amide bonds. The maximum Gasteiger partial charge on any atom is 0.243 e. The Morgan fingerprint density at radius 3 is 2.50 bits per heavy atom. The largest absolute Gasteiger partial charge is 0.368 e. The minimum atomic E-state index is -0.146. The summed E-state index contributed by atoms with van der Waals surface area (Å²) in [6.07, 6.45) is 11.2. The van der Waals surface area contributed by atoms with Crippen LogP contribution >= 0.6 is 0 Å². The van der Waals surface area contributed by atoms with Crippen LogP contribution in [0.15, 0.2) is 24.5 Å². The Balaban J connectivity index is 1.17. The molecule has 36 heavy (non-hydrogen) atoms. The van der Waals surface area contributed by atoms with Crippen molar-refractivity contribution in [3.05, 3.63) is 41.6 Å². The zero-order valence-electron chi connectivity index (χ0n) is 22.0. The number of pyridine rings is 1. The third-order valence-electron chi connectivity index (χ3n) is 8.78. The van der Waals surface area contributed by atoms with Gasteiger partial charge in [-0.05, 0) is 45.7 Å². The number of aromatic nitrogens is 3. The third-order valence-corrected chi connectivity index (χ3v) is 8.78. The first-order valence-electron chi connectivity index (χ1n) is 13.7. The van der Waals surface area contributed by atoms with Crippen LogP contribution in [-0.4, -0.2) is 75.6 Å². The van der Waals surface area contributed by atoms with E-state index in [0.29, 0.717) is 12.8 Å². The van der Waals surface area contributed by atoms with Crippen molar-refractivity contribution in [1.82, 2.24) is 25.2 Å². The number of nitrogens with one attached hydrogen (secondary N) is 1. The minimum absolute atomic E-state index is 0.00457. The first-order valence-corrected chi connectivity index (χ1v) is 13.7. The molecule has 1 atom stereocenters. The summed E-state index contributed by atoms with van der Waals surface area (Å²) >= 11 is 0. The number of piperazine rings is 2. The van der Waals surface area contributed by atoms with Crippen LogP contribution in [0.25, 0.3) is 0 Å². The van der Waals surface area contributed by atoms with Crippen LogP contribution in [0.5, 0.6) is 0 Å². The van der Waals surface area contributed by atoms with E-state index in [2.05, 4.69) is 57.9 Å². The summed E-state index contributed by atoms with van der Waals surface area (Å²) in [5, 5.41) is 3.20. The summed E-state index contributed by atoms with van der Waals surface area (Å²) in [6.45, 7) is 11.8. The zero-order chi connectivity index (χ0) is 24.9. The highest BCUT2D eigenvalue weighted by Crippen LogP contribution is 2.44. The average Bonchev–Trinajstić information content (AvgIpc) is 3.28. The number of carbonyl (C=O) groups is 1. The summed E-state index contributed by atoms with van der Waals surface area (Å²) in [6, 6.07) is 4.15. The van der Waals surface area contributed by atoms with Crippen LogP contribution in [0.1, 0.15) is 70.0 Å². The van der Waals surface area contributed by atoms with E-state index in [9.17, 15) is 4.79 Å². The van der Waals surface area contributed by atoms with Gasteiger partial charge < -0.3 is 15.1 Å². The monoisotopic (exact) mass is 489 g/mol. The quantitative estimate of drug-likeness (QED) is 0.710. The number of fused-ring (bicyclic) bond motifs is 4. The highest BCUT2D eigenvalue weighted by molar-refractivity contribution is 5.89. The van der Waals surface area contributed by atoms with Crippen LogP contribution in [0.4, 0.5) is 11.5 Å². The lowest BCUT2D eigenvalue weighted by Crippen LogP contribution is -2.68. The van der Waals surface area contributed by atoms with Gasteiger partial charge in [-0.3, -0.25) is 14.7 Å². The molecular formula is C28H39N7O. The average molecular weight is 490 g/mol. The summed E-state index contributed by atoms with van der Waals surface area (Å²) in [4.78, 5) is 34.6. The van der Waals surface area contributed by atoms with E-state index >= 15 is 0 Å². The van der Waals surface area contributed by atoms with Crippen molar-refractivity contribution in [3.63, 3.8) is 0 Å². The molecule has 6 rings (SSSR count). The van der Waals surface area contributed by atoms with E-state index in [-0.39, 0.29) is 23.0 Å². The molecule has 1 aliphatic carbocycles. The van der Waals surface area contributed by atoms with Gasteiger partial charge in [0.1, 0.15) is 17.7 Å². The van der Waals surface area contributed by atoms with Crippen LogP contribution in [0, 0.1) is 0 Å². The fraction of sp³-hybridized carbons (Fsp3) is 0.643. The van der Waals surface area contributed by atoms with Crippen LogP contribution < -0.4 is 15.1 Å². The fourth-order valence-corrected chi connectivity index (χ4v) is 6.67. The molecule has 1 N–H and O–H groups in total. The van der Waals surface area contributed by atoms with Crippen molar-refractivity contribution in [2.45, 2.75) is 82.8 Å². The predicted molar refractivity (Wildman–Crippen MR) is 141 cm³/mol. The lowest BCUT2D eigenvalue weighted by atomic mass is 9.78. The van der Waals surface area contributed by atoms with Crippen molar-refractivity contribution in [3.8, 4) is 0 Å². The summed E-state index contributed by atoms with van der Waals surface area (Å²) in [7, 11) is 0. The zero-order valence-corrected chi connectivity index (χ0v) is 22.0. The number of anilines is 2. The number of nitrogens with zero attached hydrogens (tertiary/aromatic N) is 6. The number of amides is 1. The van der Waals surface area contributed by atoms with Crippen LogP contribution in [0.3, 0.4) is 0 Å². The van der Waals surface area contributed by atoms with Gasteiger partial charge in [-0.25, -0.2) is 9.97 Å². The fourth-order valence-electron chi connectivity index (χ4n) is 6.67. The first-order chi connectivity index (χ1) is 17.3. The van der Waals surface area contributed by atoms with E-state index in [1.165, 1.54) is 24.9 Å². The van der Waals surface area contributed by atoms with Crippen molar-refractivity contribution >= 4 is 17.4 Å². The topological polar surface area (TPSA) is 77.5 Å². The van der Waals surface area contributed by atoms with E-state index in [1.807, 2.05) is 12.4 Å². The number of hydrogen-bond acceptors (Lipinski definition) is 7. The van der Waals surface area contributed by atoms with E-state index in [1.54, 1.807) is 0 Å². The molecule has 1 spiro atoms. The summed E-state index contributed by atoms with van der Waals surface area (Å²) in [5.41, 5.74) is 3.49. The second-order valence-electron chi connectivity index (χ2n) is 12.1. The van der Waals surface area contributed by atoms with Crippen LogP contribution in [-0.2, 0) is 17.6 Å². The summed E-state index contributed by atoms with van der Waals surface area (Å²) < 4.78 is 0. The second-order valence-corrected chi connectivity index (χ2v) is 12.1. The molecule has 2 aromatic heterocycles. The molecule has 3 fully saturated rings. The number of carbonyl (C=O) groups excluding carboxylic acids is 1. The molecule has 2 aromatic rings. The molecule has 0 aromatic carbocycles. The molecule has 3 aliphatic heterocycles. The normalized spacial score (nSPS) is 24.0. The lowest BCUT2D eigenvalue weighted by molar-refractivity contribution is -0.124. The Labute approximate surface area is 214 Å². The molecule has 5 heterocycles. The van der Waals surface area contributed by atoms with Crippen molar-refractivity contribution in [2.24, 2.45) is 0 Å². The Bertz CT molecular complexity index is 1110. The van der Waals surface area contributed by atoms with Crippen molar-refractivity contribution in [1.29, 1.82) is 0 Å². The second kappa shape index (κ2) is 8.98. The molecule has 4 aliphatic rings. The van der Waals surface area contributed by atoms with Gasteiger partial charge in [0.25, 0.3) is 0 Å². The SMILES string of the molecule is CC(C)(C)N1CCN(c2ccc(Cc3ncc4c(n3)N3C(C4)C(=O)NCC34CCCCC4)nc2)CC1. The molecule has 0 radical (unpaired) electrons. The van der Waals surface area contributed by atoms with Gasteiger partial charge in [-0.2, -0.15) is 0 Å². The van der Waals surface area contributed by atoms with Crippen molar-refractivity contribution < 1.29 is 4.79 Å². The summed E-state index contributed by atoms with van der Waals surface area (Å²) in [5.74, 6) is 1.90. The molecule has 192 valence electrons. The molecule has 8 nitrogen and oxygen atoms in total. The molecular weight excluding hydrogens is 450 g/mol. The number of hydrogen-bond donors (Lipinski definition) is 1. The maximum absolute atomic E-state index is 12.8. The molecule has 1 saturated carbocycles.